The third-order valence-corrected chi connectivity index (χ3v) is 3.54. The van der Waals surface area contributed by atoms with Crippen molar-refractivity contribution in [3.05, 3.63) is 29.8 Å². The Morgan fingerprint density at radius 2 is 1.96 bits per heavy atom. The van der Waals surface area contributed by atoms with Crippen LogP contribution in [0.15, 0.2) is 24.3 Å². The van der Waals surface area contributed by atoms with Crippen molar-refractivity contribution in [3.63, 3.8) is 0 Å². The number of hydrogen-bond donors (Lipinski definition) is 2. The molecule has 0 unspecified atom stereocenters. The molecule has 2 N–H and O–H groups in total. The van der Waals surface area contributed by atoms with E-state index in [0.29, 0.717) is 18.7 Å². The minimum absolute atomic E-state index is 0.0137. The van der Waals surface area contributed by atoms with Gasteiger partial charge in [-0.3, -0.25) is 14.9 Å². The van der Waals surface area contributed by atoms with Gasteiger partial charge in [0.15, 0.2) is 6.61 Å². The molecular formula is C18H23N3O5. The van der Waals surface area contributed by atoms with Crippen LogP contribution in [0.2, 0.25) is 0 Å². The molecule has 1 aliphatic heterocycles. The molecule has 1 aromatic rings. The number of benzene rings is 1. The van der Waals surface area contributed by atoms with Crippen LogP contribution in [-0.2, 0) is 14.3 Å². The summed E-state index contributed by atoms with van der Waals surface area (Å²) in [5.41, 5.74) is 0.360. The Hall–Kier alpha value is -2.90. The maximum absolute atomic E-state index is 12.1. The monoisotopic (exact) mass is 361 g/mol. The van der Waals surface area contributed by atoms with Crippen molar-refractivity contribution >= 4 is 29.5 Å². The zero-order valence-electron chi connectivity index (χ0n) is 15.1. The summed E-state index contributed by atoms with van der Waals surface area (Å²) in [5.74, 6) is -1.42. The van der Waals surface area contributed by atoms with Gasteiger partial charge in [-0.2, -0.15) is 0 Å². The lowest BCUT2D eigenvalue weighted by atomic mass is 10.1. The van der Waals surface area contributed by atoms with Gasteiger partial charge in [0.25, 0.3) is 5.91 Å². The summed E-state index contributed by atoms with van der Waals surface area (Å²) < 4.78 is 4.93. The van der Waals surface area contributed by atoms with Gasteiger partial charge in [-0.05, 0) is 45.4 Å². The van der Waals surface area contributed by atoms with Gasteiger partial charge in [0.05, 0.1) is 5.56 Å². The van der Waals surface area contributed by atoms with Crippen molar-refractivity contribution in [1.82, 2.24) is 10.6 Å². The van der Waals surface area contributed by atoms with Gasteiger partial charge >= 0.3 is 12.0 Å². The summed E-state index contributed by atoms with van der Waals surface area (Å²) in [7, 11) is 0. The Labute approximate surface area is 151 Å². The summed E-state index contributed by atoms with van der Waals surface area (Å²) in [4.78, 5) is 48.8. The van der Waals surface area contributed by atoms with E-state index >= 15 is 0 Å². The van der Waals surface area contributed by atoms with Crippen LogP contribution >= 0.6 is 0 Å². The average Bonchev–Trinajstić information content (AvgIpc) is 2.97. The number of nitrogens with zero attached hydrogens (tertiary/aromatic N) is 1. The highest BCUT2D eigenvalue weighted by molar-refractivity contribution is 5.99. The molecule has 4 amide bonds. The lowest BCUT2D eigenvalue weighted by Gasteiger charge is -2.20. The lowest BCUT2D eigenvalue weighted by molar-refractivity contribution is -0.123. The highest BCUT2D eigenvalue weighted by Crippen LogP contribution is 2.22. The quantitative estimate of drug-likeness (QED) is 0.793. The fraction of sp³-hybridized carbons (Fsp3) is 0.444. The molecule has 1 fully saturated rings. The third-order valence-electron chi connectivity index (χ3n) is 3.54. The number of amides is 4. The molecule has 1 saturated heterocycles. The number of ether oxygens (including phenoxy) is 1. The second-order valence-electron chi connectivity index (χ2n) is 7.03. The van der Waals surface area contributed by atoms with Crippen LogP contribution in [0, 0.1) is 0 Å². The molecule has 0 spiro atoms. The molecule has 26 heavy (non-hydrogen) atoms. The minimum atomic E-state index is -0.731. The molecule has 8 heteroatoms. The number of esters is 1. The Kier molecular flexibility index (Phi) is 5.97. The zero-order chi connectivity index (χ0) is 19.3. The predicted molar refractivity (Wildman–Crippen MR) is 94.7 cm³/mol. The average molecular weight is 361 g/mol. The summed E-state index contributed by atoms with van der Waals surface area (Å²) in [6.45, 7) is 5.35. The van der Waals surface area contributed by atoms with Crippen LogP contribution in [0.25, 0.3) is 0 Å². The summed E-state index contributed by atoms with van der Waals surface area (Å²) >= 11 is 0. The lowest BCUT2D eigenvalue weighted by Crippen LogP contribution is -2.49. The molecule has 0 radical (unpaired) electrons. The van der Waals surface area contributed by atoms with Gasteiger partial charge in [-0.25, -0.2) is 9.59 Å². The standard InChI is InChI=1S/C18H23N3O5/c1-18(2,3)20-17(25)19-14(22)11-26-16(24)12-6-4-7-13(10-12)21-9-5-8-15(21)23/h4,6-7,10H,5,8-9,11H2,1-3H3,(H2,19,20,22,25). The van der Waals surface area contributed by atoms with E-state index in [9.17, 15) is 19.2 Å². The largest absolute Gasteiger partial charge is 0.452 e. The number of anilines is 1. The van der Waals surface area contributed by atoms with Crippen molar-refractivity contribution < 1.29 is 23.9 Å². The smallest absolute Gasteiger partial charge is 0.338 e. The molecule has 1 aromatic carbocycles. The number of urea groups is 1. The van der Waals surface area contributed by atoms with Gasteiger partial charge in [0, 0.05) is 24.2 Å². The normalized spacial score (nSPS) is 14.1. The second kappa shape index (κ2) is 7.99. The Morgan fingerprint density at radius 3 is 2.58 bits per heavy atom. The molecule has 0 aliphatic carbocycles. The zero-order valence-corrected chi connectivity index (χ0v) is 15.1. The molecule has 0 aromatic heterocycles. The van der Waals surface area contributed by atoms with E-state index in [2.05, 4.69) is 10.6 Å². The van der Waals surface area contributed by atoms with Crippen molar-refractivity contribution in [2.45, 2.75) is 39.2 Å². The van der Waals surface area contributed by atoms with Gasteiger partial charge in [0.1, 0.15) is 0 Å². The summed E-state index contributed by atoms with van der Waals surface area (Å²) in [6, 6.07) is 5.82. The van der Waals surface area contributed by atoms with Crippen LogP contribution in [0.5, 0.6) is 0 Å². The van der Waals surface area contributed by atoms with Gasteiger partial charge < -0.3 is 15.0 Å². The summed E-state index contributed by atoms with van der Waals surface area (Å²) in [5, 5.41) is 4.65. The molecule has 2 rings (SSSR count). The number of nitrogens with one attached hydrogen (secondary N) is 2. The predicted octanol–water partition coefficient (Wildman–Crippen LogP) is 1.59. The van der Waals surface area contributed by atoms with Crippen LogP contribution in [-0.4, -0.2) is 42.5 Å². The van der Waals surface area contributed by atoms with Crippen LogP contribution < -0.4 is 15.5 Å². The topological polar surface area (TPSA) is 105 Å². The van der Waals surface area contributed by atoms with Crippen molar-refractivity contribution in [3.8, 4) is 0 Å². The van der Waals surface area contributed by atoms with Gasteiger partial charge in [-0.1, -0.05) is 6.07 Å². The highest BCUT2D eigenvalue weighted by atomic mass is 16.5. The number of imide groups is 1. The number of carbonyl (C=O) groups is 4. The van der Waals surface area contributed by atoms with Crippen LogP contribution in [0.4, 0.5) is 10.5 Å². The minimum Gasteiger partial charge on any atom is -0.452 e. The fourth-order valence-corrected chi connectivity index (χ4v) is 2.47. The highest BCUT2D eigenvalue weighted by Gasteiger charge is 2.23. The van der Waals surface area contributed by atoms with E-state index in [1.54, 1.807) is 43.9 Å². The second-order valence-corrected chi connectivity index (χ2v) is 7.03. The molecule has 8 nitrogen and oxygen atoms in total. The number of rotatable bonds is 4. The molecular weight excluding hydrogens is 338 g/mol. The molecule has 0 saturated carbocycles. The molecule has 1 aliphatic rings. The van der Waals surface area contributed by atoms with Crippen molar-refractivity contribution in [2.24, 2.45) is 0 Å². The summed E-state index contributed by atoms with van der Waals surface area (Å²) in [6.07, 6.45) is 1.27. The number of hydrogen-bond acceptors (Lipinski definition) is 5. The first kappa shape index (κ1) is 19.4. The van der Waals surface area contributed by atoms with E-state index in [1.807, 2.05) is 0 Å². The van der Waals surface area contributed by atoms with E-state index in [4.69, 9.17) is 4.74 Å². The molecule has 0 bridgehead atoms. The van der Waals surface area contributed by atoms with Crippen molar-refractivity contribution in [1.29, 1.82) is 0 Å². The molecule has 0 atom stereocenters. The van der Waals surface area contributed by atoms with Crippen LogP contribution in [0.1, 0.15) is 44.0 Å². The number of carbonyl (C=O) groups excluding carboxylic acids is 4. The Morgan fingerprint density at radius 1 is 1.23 bits per heavy atom. The molecule has 140 valence electrons. The van der Waals surface area contributed by atoms with Gasteiger partial charge in [0.2, 0.25) is 5.91 Å². The first-order valence-electron chi connectivity index (χ1n) is 8.35. The SMILES string of the molecule is CC(C)(C)NC(=O)NC(=O)COC(=O)c1cccc(N2CCCC2=O)c1. The Bertz CT molecular complexity index is 724. The van der Waals surface area contributed by atoms with E-state index in [0.717, 1.165) is 6.42 Å². The fourth-order valence-electron chi connectivity index (χ4n) is 2.47. The Balaban J connectivity index is 1.89. The maximum atomic E-state index is 12.1. The molecule has 1 heterocycles. The first-order chi connectivity index (χ1) is 12.2. The maximum Gasteiger partial charge on any atom is 0.338 e. The van der Waals surface area contributed by atoms with Crippen LogP contribution in [0.3, 0.4) is 0 Å². The van der Waals surface area contributed by atoms with Gasteiger partial charge in [-0.15, -0.1) is 0 Å². The first-order valence-corrected chi connectivity index (χ1v) is 8.35. The van der Waals surface area contributed by atoms with E-state index in [1.165, 1.54) is 6.07 Å². The van der Waals surface area contributed by atoms with E-state index in [-0.39, 0.29) is 11.5 Å². The van der Waals surface area contributed by atoms with E-state index < -0.39 is 30.1 Å². The third kappa shape index (κ3) is 5.58. The van der Waals surface area contributed by atoms with Crippen molar-refractivity contribution in [2.75, 3.05) is 18.1 Å².